The van der Waals surface area contributed by atoms with Gasteiger partial charge in [0.15, 0.2) is 16.7 Å². The molecule has 0 unspecified atom stereocenters. The van der Waals surface area contributed by atoms with Gasteiger partial charge in [0.2, 0.25) is 11.5 Å². The number of benzene rings is 1. The summed E-state index contributed by atoms with van der Waals surface area (Å²) in [6, 6.07) is 5.27. The molecule has 0 saturated carbocycles. The Balaban J connectivity index is 2.47. The lowest BCUT2D eigenvalue weighted by atomic mass is 10.3. The van der Waals surface area contributed by atoms with Crippen LogP contribution in [0.2, 0.25) is 5.15 Å². The molecule has 2 aromatic rings. The average Bonchev–Trinajstić information content (AvgIpc) is 2.47. The maximum Gasteiger partial charge on any atom is 0.267 e. The molecule has 0 aliphatic rings. The van der Waals surface area contributed by atoms with Gasteiger partial charge in [-0.15, -0.1) is 0 Å². The summed E-state index contributed by atoms with van der Waals surface area (Å²) in [6.45, 7) is 0. The maximum absolute atomic E-state index is 5.92. The van der Waals surface area contributed by atoms with E-state index < -0.39 is 0 Å². The van der Waals surface area contributed by atoms with Crippen LogP contribution < -0.4 is 18.9 Å². The Hall–Kier alpha value is -2.21. The maximum atomic E-state index is 5.92. The lowest BCUT2D eigenvalue weighted by Gasteiger charge is -2.14. The number of nitrogens with zero attached hydrogens (tertiary/aromatic N) is 2. The summed E-state index contributed by atoms with van der Waals surface area (Å²) in [6.07, 6.45) is 1.28. The number of hydrogen-bond acceptors (Lipinski definition) is 6. The van der Waals surface area contributed by atoms with Crippen molar-refractivity contribution < 1.29 is 18.9 Å². The molecule has 106 valence electrons. The minimum Gasteiger partial charge on any atom is -0.493 e. The summed E-state index contributed by atoms with van der Waals surface area (Å²) >= 11 is 5.92. The van der Waals surface area contributed by atoms with E-state index in [1.54, 1.807) is 18.2 Å². The van der Waals surface area contributed by atoms with Crippen LogP contribution in [-0.4, -0.2) is 31.3 Å². The summed E-state index contributed by atoms with van der Waals surface area (Å²) in [7, 11) is 4.52. The Morgan fingerprint density at radius 3 is 2.10 bits per heavy atom. The minimum absolute atomic E-state index is 0.159. The molecule has 0 radical (unpaired) electrons. The highest BCUT2D eigenvalue weighted by Gasteiger charge is 2.18. The molecule has 2 rings (SSSR count). The van der Waals surface area contributed by atoms with Crippen molar-refractivity contribution in [1.29, 1.82) is 0 Å². The van der Waals surface area contributed by atoms with E-state index in [1.165, 1.54) is 27.7 Å². The number of para-hydroxylation sites is 1. The van der Waals surface area contributed by atoms with Crippen molar-refractivity contribution >= 4 is 11.6 Å². The number of ether oxygens (including phenoxy) is 4. The van der Waals surface area contributed by atoms with Crippen LogP contribution in [0.15, 0.2) is 24.5 Å². The number of aromatic nitrogens is 2. The molecule has 1 aromatic heterocycles. The highest BCUT2D eigenvalue weighted by atomic mass is 35.5. The van der Waals surface area contributed by atoms with Gasteiger partial charge in [-0.1, -0.05) is 17.7 Å². The fourth-order valence-corrected chi connectivity index (χ4v) is 1.80. The number of methoxy groups -OCH3 is 3. The van der Waals surface area contributed by atoms with Crippen LogP contribution in [0.4, 0.5) is 0 Å². The molecule has 1 aromatic carbocycles. The molecule has 1 heterocycles. The van der Waals surface area contributed by atoms with Crippen LogP contribution in [0.25, 0.3) is 0 Å². The standard InChI is InChI=1S/C13H13ClN2O4/c1-17-8-5-4-6-9(18-2)10(8)20-13-11(19-3)12(14)15-7-16-13/h4-7H,1-3H3. The van der Waals surface area contributed by atoms with Gasteiger partial charge in [0.05, 0.1) is 21.3 Å². The fourth-order valence-electron chi connectivity index (χ4n) is 1.60. The predicted octanol–water partition coefficient (Wildman–Crippen LogP) is 2.95. The van der Waals surface area contributed by atoms with Crippen LogP contribution in [-0.2, 0) is 0 Å². The van der Waals surface area contributed by atoms with Crippen molar-refractivity contribution in [1.82, 2.24) is 9.97 Å². The molecule has 0 spiro atoms. The van der Waals surface area contributed by atoms with Crippen LogP contribution >= 0.6 is 11.6 Å². The van der Waals surface area contributed by atoms with Crippen molar-refractivity contribution in [2.24, 2.45) is 0 Å². The molecule has 0 saturated heterocycles. The molecule has 0 fully saturated rings. The van der Waals surface area contributed by atoms with E-state index in [1.807, 2.05) is 0 Å². The predicted molar refractivity (Wildman–Crippen MR) is 73.2 cm³/mol. The first-order chi connectivity index (χ1) is 9.71. The Morgan fingerprint density at radius 2 is 1.55 bits per heavy atom. The molecule has 0 N–H and O–H groups in total. The number of rotatable bonds is 5. The lowest BCUT2D eigenvalue weighted by molar-refractivity contribution is 0.325. The SMILES string of the molecule is COc1cccc(OC)c1Oc1ncnc(Cl)c1OC. The van der Waals surface area contributed by atoms with Crippen molar-refractivity contribution in [2.75, 3.05) is 21.3 Å². The van der Waals surface area contributed by atoms with Gasteiger partial charge in [-0.3, -0.25) is 0 Å². The number of halogens is 1. The van der Waals surface area contributed by atoms with Gasteiger partial charge in [0, 0.05) is 0 Å². The third-order valence-electron chi connectivity index (χ3n) is 2.51. The second kappa shape index (κ2) is 6.29. The Morgan fingerprint density at radius 1 is 0.900 bits per heavy atom. The molecule has 0 atom stereocenters. The first-order valence-corrected chi connectivity index (χ1v) is 6.02. The summed E-state index contributed by atoms with van der Waals surface area (Å²) in [5.41, 5.74) is 0. The summed E-state index contributed by atoms with van der Waals surface area (Å²) in [5, 5.41) is 0.159. The van der Waals surface area contributed by atoms with E-state index in [9.17, 15) is 0 Å². The smallest absolute Gasteiger partial charge is 0.267 e. The first kappa shape index (κ1) is 14.2. The van der Waals surface area contributed by atoms with E-state index in [-0.39, 0.29) is 16.8 Å². The molecule has 20 heavy (non-hydrogen) atoms. The van der Waals surface area contributed by atoms with E-state index in [0.717, 1.165) is 0 Å². The normalized spacial score (nSPS) is 10.0. The van der Waals surface area contributed by atoms with Crippen LogP contribution in [0.3, 0.4) is 0 Å². The van der Waals surface area contributed by atoms with Crippen LogP contribution in [0.5, 0.6) is 28.9 Å². The van der Waals surface area contributed by atoms with Gasteiger partial charge in [0.1, 0.15) is 6.33 Å². The monoisotopic (exact) mass is 296 g/mol. The van der Waals surface area contributed by atoms with Crippen molar-refractivity contribution in [3.63, 3.8) is 0 Å². The Kier molecular flexibility index (Phi) is 4.47. The fraction of sp³-hybridized carbons (Fsp3) is 0.231. The van der Waals surface area contributed by atoms with E-state index >= 15 is 0 Å². The average molecular weight is 297 g/mol. The summed E-state index contributed by atoms with van der Waals surface area (Å²) < 4.78 is 21.3. The molecular weight excluding hydrogens is 284 g/mol. The number of hydrogen-bond donors (Lipinski definition) is 0. The van der Waals surface area contributed by atoms with Gasteiger partial charge >= 0.3 is 0 Å². The minimum atomic E-state index is 0.159. The Labute approximate surface area is 121 Å². The highest BCUT2D eigenvalue weighted by Crippen LogP contribution is 2.42. The van der Waals surface area contributed by atoms with Gasteiger partial charge < -0.3 is 18.9 Å². The second-order valence-electron chi connectivity index (χ2n) is 3.60. The highest BCUT2D eigenvalue weighted by molar-refractivity contribution is 6.31. The van der Waals surface area contributed by atoms with E-state index in [2.05, 4.69) is 9.97 Å². The zero-order valence-corrected chi connectivity index (χ0v) is 12.0. The lowest BCUT2D eigenvalue weighted by Crippen LogP contribution is -1.99. The third-order valence-corrected chi connectivity index (χ3v) is 2.78. The zero-order valence-electron chi connectivity index (χ0n) is 11.2. The third kappa shape index (κ3) is 2.70. The van der Waals surface area contributed by atoms with Crippen molar-refractivity contribution in [3.8, 4) is 28.9 Å². The van der Waals surface area contributed by atoms with Crippen LogP contribution in [0, 0.1) is 0 Å². The molecule has 0 aliphatic carbocycles. The van der Waals surface area contributed by atoms with Gasteiger partial charge in [-0.25, -0.2) is 4.98 Å². The van der Waals surface area contributed by atoms with E-state index in [0.29, 0.717) is 17.2 Å². The largest absolute Gasteiger partial charge is 0.493 e. The Bertz CT molecular complexity index is 585. The van der Waals surface area contributed by atoms with Gasteiger partial charge in [-0.2, -0.15) is 4.98 Å². The van der Waals surface area contributed by atoms with Crippen LogP contribution in [0.1, 0.15) is 0 Å². The van der Waals surface area contributed by atoms with Crippen molar-refractivity contribution in [2.45, 2.75) is 0 Å². The van der Waals surface area contributed by atoms with E-state index in [4.69, 9.17) is 30.5 Å². The molecule has 0 bridgehead atoms. The molecular formula is C13H13ClN2O4. The topological polar surface area (TPSA) is 62.7 Å². The quantitative estimate of drug-likeness (QED) is 0.791. The van der Waals surface area contributed by atoms with Gasteiger partial charge in [-0.05, 0) is 12.1 Å². The molecule has 6 nitrogen and oxygen atoms in total. The zero-order chi connectivity index (χ0) is 14.5. The van der Waals surface area contributed by atoms with Gasteiger partial charge in [0.25, 0.3) is 5.88 Å². The molecule has 7 heteroatoms. The summed E-state index contributed by atoms with van der Waals surface area (Å²) in [5.74, 6) is 1.80. The molecule has 0 aliphatic heterocycles. The molecule has 0 amide bonds. The first-order valence-electron chi connectivity index (χ1n) is 5.64. The second-order valence-corrected chi connectivity index (χ2v) is 3.95. The summed E-state index contributed by atoms with van der Waals surface area (Å²) in [4.78, 5) is 7.83. The van der Waals surface area contributed by atoms with Crippen molar-refractivity contribution in [3.05, 3.63) is 29.7 Å².